The first kappa shape index (κ1) is 16.4. The van der Waals surface area contributed by atoms with E-state index >= 15 is 0 Å². The fraction of sp³-hybridized carbons (Fsp3) is 0.100. The van der Waals surface area contributed by atoms with Crippen LogP contribution in [-0.2, 0) is 13.1 Å². The van der Waals surface area contributed by atoms with Gasteiger partial charge in [0.25, 0.3) is 0 Å². The third kappa shape index (κ3) is 3.92. The van der Waals surface area contributed by atoms with E-state index in [2.05, 4.69) is 41.7 Å². The number of hydrogen-bond acceptors (Lipinski definition) is 6. The monoisotopic (exact) mass is 359 g/mol. The zero-order valence-electron chi connectivity index (χ0n) is 14.1. The van der Waals surface area contributed by atoms with Crippen molar-refractivity contribution >= 4 is 17.2 Å². The summed E-state index contributed by atoms with van der Waals surface area (Å²) in [6.07, 6.45) is 5.24. The molecule has 0 saturated carbocycles. The maximum atomic E-state index is 4.50. The normalized spacial score (nSPS) is 10.6. The lowest BCUT2D eigenvalue weighted by Crippen LogP contribution is -2.24. The Morgan fingerprint density at radius 3 is 2.12 bits per heavy atom. The lowest BCUT2D eigenvalue weighted by Gasteiger charge is -2.23. The molecule has 0 amide bonds. The van der Waals surface area contributed by atoms with Crippen LogP contribution in [0.25, 0.3) is 11.3 Å². The van der Waals surface area contributed by atoms with Gasteiger partial charge in [0, 0.05) is 29.4 Å². The molecule has 0 radical (unpaired) electrons. The molecule has 0 saturated heterocycles. The molecule has 4 aromatic heterocycles. The van der Waals surface area contributed by atoms with Crippen LogP contribution in [0.15, 0.2) is 78.0 Å². The fourth-order valence-electron chi connectivity index (χ4n) is 2.68. The Hall–Kier alpha value is -3.12. The van der Waals surface area contributed by atoms with Crippen LogP contribution in [-0.4, -0.2) is 19.9 Å². The van der Waals surface area contributed by atoms with Crippen molar-refractivity contribution in [1.29, 1.82) is 0 Å². The minimum Gasteiger partial charge on any atom is -0.345 e. The molecule has 0 aliphatic heterocycles. The highest BCUT2D eigenvalue weighted by molar-refractivity contribution is 7.08. The van der Waals surface area contributed by atoms with Crippen molar-refractivity contribution in [2.24, 2.45) is 0 Å². The number of anilines is 1. The highest BCUT2D eigenvalue weighted by Gasteiger charge is 2.13. The van der Waals surface area contributed by atoms with E-state index in [9.17, 15) is 0 Å². The van der Waals surface area contributed by atoms with E-state index in [0.29, 0.717) is 13.1 Å². The van der Waals surface area contributed by atoms with Crippen molar-refractivity contribution < 1.29 is 0 Å². The summed E-state index contributed by atoms with van der Waals surface area (Å²) in [5.41, 5.74) is 4.00. The second-order valence-corrected chi connectivity index (χ2v) is 6.55. The van der Waals surface area contributed by atoms with Gasteiger partial charge < -0.3 is 4.90 Å². The molecule has 4 aromatic rings. The van der Waals surface area contributed by atoms with E-state index in [1.54, 1.807) is 17.7 Å². The van der Waals surface area contributed by atoms with Gasteiger partial charge in [-0.2, -0.15) is 11.3 Å². The molecule has 5 nitrogen and oxygen atoms in total. The second-order valence-electron chi connectivity index (χ2n) is 5.77. The van der Waals surface area contributed by atoms with Gasteiger partial charge in [0.2, 0.25) is 0 Å². The highest BCUT2D eigenvalue weighted by atomic mass is 32.1. The van der Waals surface area contributed by atoms with Gasteiger partial charge in [-0.15, -0.1) is 0 Å². The molecule has 0 aliphatic carbocycles. The quantitative estimate of drug-likeness (QED) is 0.516. The number of pyridine rings is 2. The van der Waals surface area contributed by atoms with Gasteiger partial charge in [-0.05, 0) is 35.7 Å². The van der Waals surface area contributed by atoms with Gasteiger partial charge in [-0.25, -0.2) is 9.97 Å². The lowest BCUT2D eigenvalue weighted by atomic mass is 10.2. The Bertz CT molecular complexity index is 901. The summed E-state index contributed by atoms with van der Waals surface area (Å²) < 4.78 is 0. The predicted molar refractivity (Wildman–Crippen MR) is 104 cm³/mol. The summed E-state index contributed by atoms with van der Waals surface area (Å²) in [4.78, 5) is 20.0. The van der Waals surface area contributed by atoms with Crippen LogP contribution in [0.2, 0.25) is 0 Å². The van der Waals surface area contributed by atoms with Crippen LogP contribution in [0.5, 0.6) is 0 Å². The molecule has 128 valence electrons. The largest absolute Gasteiger partial charge is 0.345 e. The third-order valence-corrected chi connectivity index (χ3v) is 4.63. The smallest absolute Gasteiger partial charge is 0.133 e. The number of hydrogen-bond donors (Lipinski definition) is 0. The van der Waals surface area contributed by atoms with Crippen molar-refractivity contribution in [2.45, 2.75) is 13.1 Å². The minimum atomic E-state index is 0.650. The van der Waals surface area contributed by atoms with Crippen LogP contribution < -0.4 is 4.90 Å². The summed E-state index contributed by atoms with van der Waals surface area (Å²) in [6, 6.07) is 16.0. The summed E-state index contributed by atoms with van der Waals surface area (Å²) in [6.45, 7) is 1.30. The zero-order chi connectivity index (χ0) is 17.6. The molecular formula is C20H17N5S. The van der Waals surface area contributed by atoms with Crippen molar-refractivity contribution in [1.82, 2.24) is 19.9 Å². The van der Waals surface area contributed by atoms with E-state index in [4.69, 9.17) is 0 Å². The van der Waals surface area contributed by atoms with Crippen molar-refractivity contribution in [2.75, 3.05) is 4.90 Å². The molecular weight excluding hydrogens is 342 g/mol. The van der Waals surface area contributed by atoms with E-state index in [0.717, 1.165) is 28.5 Å². The van der Waals surface area contributed by atoms with Crippen LogP contribution in [0, 0.1) is 0 Å². The molecule has 26 heavy (non-hydrogen) atoms. The SMILES string of the molecule is c1ccc(CN(Cc2ccccn2)c2cc(-c3ccsc3)ncn2)nc1. The standard InChI is InChI=1S/C20H17N5S/c1-3-8-21-17(5-1)12-25(13-18-6-2-4-9-22-18)20-11-19(23-15-24-20)16-7-10-26-14-16/h1-11,14-15H,12-13H2. The summed E-state index contributed by atoms with van der Waals surface area (Å²) in [5, 5.41) is 4.14. The molecule has 0 unspecified atom stereocenters. The van der Waals surface area contributed by atoms with Crippen LogP contribution in [0.4, 0.5) is 5.82 Å². The van der Waals surface area contributed by atoms with Gasteiger partial charge in [-0.1, -0.05) is 12.1 Å². The average molecular weight is 359 g/mol. The topological polar surface area (TPSA) is 54.8 Å². The molecule has 0 aromatic carbocycles. The molecule has 0 fully saturated rings. The van der Waals surface area contributed by atoms with E-state index in [1.165, 1.54) is 0 Å². The maximum Gasteiger partial charge on any atom is 0.133 e. The van der Waals surface area contributed by atoms with E-state index in [-0.39, 0.29) is 0 Å². The Labute approximate surface area is 156 Å². The van der Waals surface area contributed by atoms with Crippen molar-refractivity contribution in [3.63, 3.8) is 0 Å². The lowest BCUT2D eigenvalue weighted by molar-refractivity contribution is 0.750. The molecule has 0 atom stereocenters. The predicted octanol–water partition coefficient (Wildman–Crippen LogP) is 4.20. The number of nitrogens with zero attached hydrogens (tertiary/aromatic N) is 5. The van der Waals surface area contributed by atoms with Gasteiger partial charge >= 0.3 is 0 Å². The van der Waals surface area contributed by atoms with Gasteiger partial charge in [0.05, 0.1) is 30.2 Å². The van der Waals surface area contributed by atoms with E-state index < -0.39 is 0 Å². The second kappa shape index (κ2) is 7.84. The summed E-state index contributed by atoms with van der Waals surface area (Å²) in [7, 11) is 0. The van der Waals surface area contributed by atoms with Gasteiger partial charge in [0.1, 0.15) is 12.1 Å². The summed E-state index contributed by atoms with van der Waals surface area (Å²) >= 11 is 1.66. The molecule has 0 bridgehead atoms. The minimum absolute atomic E-state index is 0.650. The van der Waals surface area contributed by atoms with Crippen LogP contribution >= 0.6 is 11.3 Å². The molecule has 4 heterocycles. The first-order valence-corrected chi connectivity index (χ1v) is 9.22. The molecule has 6 heteroatoms. The van der Waals surface area contributed by atoms with Crippen molar-refractivity contribution in [3.8, 4) is 11.3 Å². The first-order chi connectivity index (χ1) is 12.9. The Kier molecular flexibility index (Phi) is 4.93. The highest BCUT2D eigenvalue weighted by Crippen LogP contribution is 2.24. The van der Waals surface area contributed by atoms with Crippen LogP contribution in [0.1, 0.15) is 11.4 Å². The zero-order valence-corrected chi connectivity index (χ0v) is 14.9. The third-order valence-electron chi connectivity index (χ3n) is 3.95. The average Bonchev–Trinajstić information content (AvgIpc) is 3.24. The van der Waals surface area contributed by atoms with E-state index in [1.807, 2.05) is 54.9 Å². The Morgan fingerprint density at radius 2 is 1.54 bits per heavy atom. The maximum absolute atomic E-state index is 4.50. The van der Waals surface area contributed by atoms with Crippen LogP contribution in [0.3, 0.4) is 0 Å². The van der Waals surface area contributed by atoms with Crippen molar-refractivity contribution in [3.05, 3.63) is 89.4 Å². The molecule has 0 aliphatic rings. The molecule has 0 N–H and O–H groups in total. The molecule has 4 rings (SSSR count). The molecule has 0 spiro atoms. The Balaban J connectivity index is 1.67. The fourth-order valence-corrected chi connectivity index (χ4v) is 3.33. The first-order valence-electron chi connectivity index (χ1n) is 8.28. The van der Waals surface area contributed by atoms with Gasteiger partial charge in [-0.3, -0.25) is 9.97 Å². The Morgan fingerprint density at radius 1 is 0.808 bits per heavy atom. The summed E-state index contributed by atoms with van der Waals surface area (Å²) in [5.74, 6) is 0.859. The number of rotatable bonds is 6. The number of aromatic nitrogens is 4. The van der Waals surface area contributed by atoms with Gasteiger partial charge in [0.15, 0.2) is 0 Å². The number of thiophene rings is 1.